The molecule has 5 heteroatoms. The van der Waals surface area contributed by atoms with Crippen LogP contribution in [0.5, 0.6) is 0 Å². The fourth-order valence-corrected chi connectivity index (χ4v) is 1.09. The van der Waals surface area contributed by atoms with Gasteiger partial charge in [-0.25, -0.2) is 17.6 Å². The van der Waals surface area contributed by atoms with Gasteiger partial charge in [-0.05, 0) is 0 Å². The summed E-state index contributed by atoms with van der Waals surface area (Å²) in [5.41, 5.74) is -0.158. The first-order valence-electron chi connectivity index (χ1n) is 3.33. The molecule has 1 aromatic heterocycles. The smallest absolute Gasteiger partial charge is 0.195 e. The van der Waals surface area contributed by atoms with Crippen molar-refractivity contribution in [2.75, 3.05) is 0 Å². The second kappa shape index (κ2) is 2.48. The van der Waals surface area contributed by atoms with Crippen LogP contribution in [-0.2, 0) is 0 Å². The maximum absolute atomic E-state index is 12.9. The van der Waals surface area contributed by atoms with Crippen LogP contribution in [0.3, 0.4) is 0 Å². The number of nitrogens with one attached hydrogen (secondary N) is 1. The Kier molecular flexibility index (Phi) is 1.55. The first-order chi connectivity index (χ1) is 6.11. The van der Waals surface area contributed by atoms with Gasteiger partial charge in [0.1, 0.15) is 6.20 Å². The van der Waals surface area contributed by atoms with Gasteiger partial charge in [-0.15, -0.1) is 0 Å². The largest absolute Gasteiger partial charge is 0.351 e. The number of hydrogen-bond acceptors (Lipinski definition) is 0. The van der Waals surface area contributed by atoms with Crippen LogP contribution in [0.4, 0.5) is 17.6 Å². The van der Waals surface area contributed by atoms with Crippen LogP contribution in [0.15, 0.2) is 6.07 Å². The Bertz CT molecular complexity index is 474. The highest BCUT2D eigenvalue weighted by Crippen LogP contribution is 2.24. The van der Waals surface area contributed by atoms with Crippen LogP contribution in [0, 0.1) is 29.5 Å². The summed E-state index contributed by atoms with van der Waals surface area (Å²) in [6.07, 6.45) is 1.91. The fourth-order valence-electron chi connectivity index (χ4n) is 1.09. The van der Waals surface area contributed by atoms with Crippen LogP contribution in [0.1, 0.15) is 0 Å². The Balaban J connectivity index is 2.97. The second-order valence-corrected chi connectivity index (χ2v) is 2.47. The average molecular weight is 188 g/mol. The molecule has 0 saturated carbocycles. The van der Waals surface area contributed by atoms with Crippen LogP contribution in [-0.4, -0.2) is 4.98 Å². The summed E-state index contributed by atoms with van der Waals surface area (Å²) in [5, 5.41) is -0.612. The minimum Gasteiger partial charge on any atom is -0.351 e. The van der Waals surface area contributed by atoms with E-state index >= 15 is 0 Å². The summed E-state index contributed by atoms with van der Waals surface area (Å²) >= 11 is 0. The molecule has 0 fully saturated rings. The zero-order valence-electron chi connectivity index (χ0n) is 6.09. The number of fused-ring (bicyclic) bond motifs is 1. The quantitative estimate of drug-likeness (QED) is 0.483. The number of H-pyrrole nitrogens is 1. The van der Waals surface area contributed by atoms with E-state index in [9.17, 15) is 17.6 Å². The summed E-state index contributed by atoms with van der Waals surface area (Å²) in [6, 6.07) is 0.674. The summed E-state index contributed by atoms with van der Waals surface area (Å²) in [5.74, 6) is -5.64. The SMILES string of the molecule is Fc1cc2[nH][c]c(F)c2c(F)c1F. The van der Waals surface area contributed by atoms with E-state index in [1.165, 1.54) is 0 Å². The molecule has 1 radical (unpaired) electrons. The van der Waals surface area contributed by atoms with Gasteiger partial charge in [0.25, 0.3) is 0 Å². The second-order valence-electron chi connectivity index (χ2n) is 2.47. The zero-order chi connectivity index (χ0) is 9.59. The summed E-state index contributed by atoms with van der Waals surface area (Å²) in [7, 11) is 0. The van der Waals surface area contributed by atoms with Gasteiger partial charge < -0.3 is 4.98 Å². The molecule has 0 bridgehead atoms. The van der Waals surface area contributed by atoms with Gasteiger partial charge in [-0.1, -0.05) is 0 Å². The molecule has 67 valence electrons. The first-order valence-corrected chi connectivity index (χ1v) is 3.33. The molecule has 1 nitrogen and oxygen atoms in total. The van der Waals surface area contributed by atoms with Crippen molar-refractivity contribution in [3.63, 3.8) is 0 Å². The van der Waals surface area contributed by atoms with Crippen molar-refractivity contribution < 1.29 is 17.6 Å². The minimum absolute atomic E-state index is 0.158. The molecule has 2 aromatic rings. The number of benzene rings is 1. The van der Waals surface area contributed by atoms with Crippen LogP contribution in [0.25, 0.3) is 10.9 Å². The predicted molar refractivity (Wildman–Crippen MR) is 37.0 cm³/mol. The molecule has 0 saturated heterocycles. The van der Waals surface area contributed by atoms with E-state index in [0.717, 1.165) is 0 Å². The molecule has 1 heterocycles. The normalized spacial score (nSPS) is 11.1. The number of aromatic nitrogens is 1. The lowest BCUT2D eigenvalue weighted by Crippen LogP contribution is -1.91. The molecular formula is C8H2F4N. The Labute approximate surface area is 70.0 Å². The summed E-state index contributed by atoms with van der Waals surface area (Å²) < 4.78 is 50.7. The molecule has 1 aromatic carbocycles. The van der Waals surface area contributed by atoms with Gasteiger partial charge in [0.2, 0.25) is 0 Å². The van der Waals surface area contributed by atoms with E-state index in [0.29, 0.717) is 6.07 Å². The zero-order valence-corrected chi connectivity index (χ0v) is 6.09. The van der Waals surface area contributed by atoms with Gasteiger partial charge >= 0.3 is 0 Å². The monoisotopic (exact) mass is 188 g/mol. The molecule has 0 amide bonds. The standard InChI is InChI=1S/C8H2F4N/c9-3-1-5-6(4(10)2-13-5)8(12)7(3)11/h1,13H. The number of halogens is 4. The third kappa shape index (κ3) is 0.998. The number of rotatable bonds is 0. The van der Waals surface area contributed by atoms with Crippen molar-refractivity contribution in [1.29, 1.82) is 0 Å². The molecule has 0 aliphatic carbocycles. The van der Waals surface area contributed by atoms with E-state index in [1.54, 1.807) is 0 Å². The highest BCUT2D eigenvalue weighted by atomic mass is 19.2. The highest BCUT2D eigenvalue weighted by molar-refractivity contribution is 5.80. The highest BCUT2D eigenvalue weighted by Gasteiger charge is 2.17. The number of hydrogen-bond donors (Lipinski definition) is 1. The van der Waals surface area contributed by atoms with E-state index < -0.39 is 28.7 Å². The Morgan fingerprint density at radius 2 is 1.77 bits per heavy atom. The third-order valence-electron chi connectivity index (χ3n) is 1.69. The molecule has 0 atom stereocenters. The van der Waals surface area contributed by atoms with Crippen molar-refractivity contribution in [3.8, 4) is 0 Å². The minimum atomic E-state index is -1.68. The molecule has 1 N–H and O–H groups in total. The predicted octanol–water partition coefficient (Wildman–Crippen LogP) is 2.52. The molecule has 0 unspecified atom stereocenters. The summed E-state index contributed by atoms with van der Waals surface area (Å²) in [4.78, 5) is 2.15. The average Bonchev–Trinajstić information content (AvgIpc) is 2.43. The molecule has 0 aliphatic rings. The van der Waals surface area contributed by atoms with Crippen molar-refractivity contribution in [3.05, 3.63) is 35.5 Å². The van der Waals surface area contributed by atoms with E-state index in [-0.39, 0.29) is 5.52 Å². The Morgan fingerprint density at radius 1 is 1.08 bits per heavy atom. The van der Waals surface area contributed by atoms with Crippen molar-refractivity contribution in [2.24, 2.45) is 0 Å². The van der Waals surface area contributed by atoms with E-state index in [1.807, 2.05) is 6.20 Å². The molecule has 13 heavy (non-hydrogen) atoms. The van der Waals surface area contributed by atoms with Crippen molar-refractivity contribution >= 4 is 10.9 Å². The van der Waals surface area contributed by atoms with Crippen molar-refractivity contribution in [1.82, 2.24) is 4.98 Å². The molecule has 2 rings (SSSR count). The van der Waals surface area contributed by atoms with Crippen LogP contribution >= 0.6 is 0 Å². The van der Waals surface area contributed by atoms with Crippen LogP contribution < -0.4 is 0 Å². The lowest BCUT2D eigenvalue weighted by Gasteiger charge is -1.96. The number of aromatic amines is 1. The van der Waals surface area contributed by atoms with Gasteiger partial charge in [0.05, 0.1) is 10.9 Å². The molecule has 0 spiro atoms. The van der Waals surface area contributed by atoms with Gasteiger partial charge in [0, 0.05) is 6.07 Å². The van der Waals surface area contributed by atoms with E-state index in [4.69, 9.17) is 0 Å². The van der Waals surface area contributed by atoms with Crippen LogP contribution in [0.2, 0.25) is 0 Å². The molecule has 0 aliphatic heterocycles. The van der Waals surface area contributed by atoms with Gasteiger partial charge in [0.15, 0.2) is 23.3 Å². The molecular weight excluding hydrogens is 186 g/mol. The van der Waals surface area contributed by atoms with Crippen molar-refractivity contribution in [2.45, 2.75) is 0 Å². The Morgan fingerprint density at radius 3 is 2.46 bits per heavy atom. The Hall–Kier alpha value is -1.52. The third-order valence-corrected chi connectivity index (χ3v) is 1.69. The fraction of sp³-hybridized carbons (Fsp3) is 0. The lowest BCUT2D eigenvalue weighted by atomic mass is 10.2. The van der Waals surface area contributed by atoms with E-state index in [2.05, 4.69) is 4.98 Å². The topological polar surface area (TPSA) is 15.8 Å². The maximum Gasteiger partial charge on any atom is 0.195 e. The van der Waals surface area contributed by atoms with Gasteiger partial charge in [-0.3, -0.25) is 0 Å². The van der Waals surface area contributed by atoms with Gasteiger partial charge in [-0.2, -0.15) is 0 Å². The maximum atomic E-state index is 12.9. The first kappa shape index (κ1) is 8.10. The lowest BCUT2D eigenvalue weighted by molar-refractivity contribution is 0.451. The summed E-state index contributed by atoms with van der Waals surface area (Å²) in [6.45, 7) is 0.